The molecule has 0 atom stereocenters. The molecule has 1 N–H and O–H groups in total. The van der Waals surface area contributed by atoms with Gasteiger partial charge in [0.25, 0.3) is 0 Å². The molecule has 0 aliphatic carbocycles. The normalized spacial score (nSPS) is 14.0. The highest BCUT2D eigenvalue weighted by Gasteiger charge is 2.17. The van der Waals surface area contributed by atoms with E-state index in [9.17, 15) is 4.79 Å². The van der Waals surface area contributed by atoms with Gasteiger partial charge in [-0.05, 0) is 35.4 Å². The van der Waals surface area contributed by atoms with Crippen LogP contribution >= 0.6 is 24.8 Å². The summed E-state index contributed by atoms with van der Waals surface area (Å²) in [7, 11) is 1.68. The summed E-state index contributed by atoms with van der Waals surface area (Å²) in [5, 5.41) is 8.83. The van der Waals surface area contributed by atoms with Crippen LogP contribution in [0.5, 0.6) is 5.75 Å². The van der Waals surface area contributed by atoms with Crippen LogP contribution in [-0.2, 0) is 17.8 Å². The number of halogens is 2. The first-order valence-electron chi connectivity index (χ1n) is 8.55. The molecule has 1 aliphatic heterocycles. The van der Waals surface area contributed by atoms with E-state index >= 15 is 0 Å². The molecule has 0 saturated carbocycles. The number of aliphatic carboxylic acids is 1. The molecule has 2 aromatic rings. The fourth-order valence-electron chi connectivity index (χ4n) is 3.15. The molecule has 7 heteroatoms. The summed E-state index contributed by atoms with van der Waals surface area (Å²) >= 11 is 0. The maximum atomic E-state index is 10.7. The van der Waals surface area contributed by atoms with Gasteiger partial charge in [-0.15, -0.1) is 24.8 Å². The standard InChI is InChI=1S/C20H24N2O3.2ClH/c1-25-19-8-6-18(7-9-19)22-12-10-21(11-13-22)15-17-4-2-16(3-5-17)14-20(23)24;;/h2-9H,10-15H2,1H3,(H,23,24);2*1H. The summed E-state index contributed by atoms with van der Waals surface area (Å²) in [6, 6.07) is 16.1. The van der Waals surface area contributed by atoms with Crippen LogP contribution in [0.3, 0.4) is 0 Å². The number of nitrogens with zero attached hydrogens (tertiary/aromatic N) is 2. The van der Waals surface area contributed by atoms with Crippen LogP contribution in [0, 0.1) is 0 Å². The lowest BCUT2D eigenvalue weighted by atomic mass is 10.1. The molecule has 0 spiro atoms. The number of piperazine rings is 1. The van der Waals surface area contributed by atoms with E-state index in [0.717, 1.165) is 44.0 Å². The highest BCUT2D eigenvalue weighted by molar-refractivity contribution is 5.85. The first-order chi connectivity index (χ1) is 12.1. The highest BCUT2D eigenvalue weighted by atomic mass is 35.5. The van der Waals surface area contributed by atoms with Gasteiger partial charge in [0.05, 0.1) is 13.5 Å². The Morgan fingerprint density at radius 2 is 1.48 bits per heavy atom. The van der Waals surface area contributed by atoms with E-state index in [0.29, 0.717) is 0 Å². The number of carboxylic acids is 1. The number of anilines is 1. The quantitative estimate of drug-likeness (QED) is 0.786. The Balaban J connectivity index is 0.00000182. The van der Waals surface area contributed by atoms with Gasteiger partial charge in [0.15, 0.2) is 0 Å². The minimum atomic E-state index is -0.789. The van der Waals surface area contributed by atoms with Crippen molar-refractivity contribution in [3.05, 3.63) is 59.7 Å². The van der Waals surface area contributed by atoms with E-state index in [1.54, 1.807) is 7.11 Å². The fraction of sp³-hybridized carbons (Fsp3) is 0.350. The number of rotatable bonds is 6. The molecule has 3 rings (SSSR count). The molecule has 1 saturated heterocycles. The van der Waals surface area contributed by atoms with Crippen LogP contribution in [0.2, 0.25) is 0 Å². The number of ether oxygens (including phenoxy) is 1. The summed E-state index contributed by atoms with van der Waals surface area (Å²) in [6.45, 7) is 4.95. The average Bonchev–Trinajstić information content (AvgIpc) is 2.64. The smallest absolute Gasteiger partial charge is 0.307 e. The van der Waals surface area contributed by atoms with E-state index in [4.69, 9.17) is 9.84 Å². The van der Waals surface area contributed by atoms with Gasteiger partial charge in [-0.25, -0.2) is 0 Å². The number of carboxylic acid groups (broad SMARTS) is 1. The van der Waals surface area contributed by atoms with Crippen molar-refractivity contribution < 1.29 is 14.6 Å². The monoisotopic (exact) mass is 412 g/mol. The zero-order chi connectivity index (χ0) is 17.6. The predicted molar refractivity (Wildman–Crippen MR) is 113 cm³/mol. The van der Waals surface area contributed by atoms with E-state index < -0.39 is 5.97 Å². The molecule has 1 heterocycles. The van der Waals surface area contributed by atoms with Gasteiger partial charge in [-0.3, -0.25) is 9.69 Å². The lowest BCUT2D eigenvalue weighted by molar-refractivity contribution is -0.136. The average molecular weight is 413 g/mol. The molecule has 5 nitrogen and oxygen atoms in total. The van der Waals surface area contributed by atoms with Crippen molar-refractivity contribution in [2.24, 2.45) is 0 Å². The molecule has 27 heavy (non-hydrogen) atoms. The fourth-order valence-corrected chi connectivity index (χ4v) is 3.15. The van der Waals surface area contributed by atoms with E-state index in [1.807, 2.05) is 36.4 Å². The van der Waals surface area contributed by atoms with Gasteiger partial charge in [0.2, 0.25) is 0 Å². The molecule has 0 aromatic heterocycles. The first kappa shape index (κ1) is 23.1. The van der Waals surface area contributed by atoms with Crippen LogP contribution in [0.25, 0.3) is 0 Å². The van der Waals surface area contributed by atoms with Gasteiger partial charge >= 0.3 is 5.97 Å². The Labute approximate surface area is 172 Å². The summed E-state index contributed by atoms with van der Waals surface area (Å²) in [5.41, 5.74) is 3.31. The van der Waals surface area contributed by atoms with Crippen LogP contribution in [-0.4, -0.2) is 49.3 Å². The SMILES string of the molecule is COc1ccc(N2CCN(Cc3ccc(CC(=O)O)cc3)CC2)cc1.Cl.Cl. The minimum absolute atomic E-state index is 0. The lowest BCUT2D eigenvalue weighted by Gasteiger charge is -2.36. The van der Waals surface area contributed by atoms with Crippen molar-refractivity contribution in [2.45, 2.75) is 13.0 Å². The second kappa shape index (κ2) is 11.0. The van der Waals surface area contributed by atoms with Crippen molar-refractivity contribution in [3.8, 4) is 5.75 Å². The second-order valence-electron chi connectivity index (χ2n) is 6.35. The third-order valence-corrected chi connectivity index (χ3v) is 4.59. The van der Waals surface area contributed by atoms with Crippen LogP contribution in [0.4, 0.5) is 5.69 Å². The second-order valence-corrected chi connectivity index (χ2v) is 6.35. The molecular weight excluding hydrogens is 387 g/mol. The maximum absolute atomic E-state index is 10.7. The molecule has 2 aromatic carbocycles. The minimum Gasteiger partial charge on any atom is -0.497 e. The van der Waals surface area contributed by atoms with Crippen LogP contribution < -0.4 is 9.64 Å². The molecule has 1 fully saturated rings. The number of carbonyl (C=O) groups is 1. The summed E-state index contributed by atoms with van der Waals surface area (Å²) in [6.07, 6.45) is 0.0841. The summed E-state index contributed by atoms with van der Waals surface area (Å²) < 4.78 is 5.21. The number of hydrogen-bond acceptors (Lipinski definition) is 4. The molecule has 0 unspecified atom stereocenters. The zero-order valence-corrected chi connectivity index (χ0v) is 17.0. The number of benzene rings is 2. The van der Waals surface area contributed by atoms with E-state index in [1.165, 1.54) is 11.3 Å². The van der Waals surface area contributed by atoms with Gasteiger partial charge in [-0.1, -0.05) is 24.3 Å². The molecule has 0 bridgehead atoms. The number of hydrogen-bond donors (Lipinski definition) is 1. The molecule has 148 valence electrons. The lowest BCUT2D eigenvalue weighted by Crippen LogP contribution is -2.45. The molecule has 0 radical (unpaired) electrons. The van der Waals surface area contributed by atoms with E-state index in [2.05, 4.69) is 21.9 Å². The first-order valence-corrected chi connectivity index (χ1v) is 8.55. The van der Waals surface area contributed by atoms with Crippen molar-refractivity contribution in [3.63, 3.8) is 0 Å². The Morgan fingerprint density at radius 3 is 2.00 bits per heavy atom. The number of methoxy groups -OCH3 is 1. The molecular formula is C20H26Cl2N2O3. The van der Waals surface area contributed by atoms with Crippen LogP contribution in [0.1, 0.15) is 11.1 Å². The Bertz CT molecular complexity index is 700. The van der Waals surface area contributed by atoms with E-state index in [-0.39, 0.29) is 31.2 Å². The molecule has 0 amide bonds. The van der Waals surface area contributed by atoms with Crippen molar-refractivity contribution >= 4 is 36.5 Å². The Hall–Kier alpha value is -1.95. The predicted octanol–water partition coefficient (Wildman–Crippen LogP) is 3.49. The van der Waals surface area contributed by atoms with Crippen molar-refractivity contribution in [1.29, 1.82) is 0 Å². The van der Waals surface area contributed by atoms with Crippen LogP contribution in [0.15, 0.2) is 48.5 Å². The Morgan fingerprint density at radius 1 is 0.926 bits per heavy atom. The third-order valence-electron chi connectivity index (χ3n) is 4.59. The summed E-state index contributed by atoms with van der Waals surface area (Å²) in [4.78, 5) is 15.6. The van der Waals surface area contributed by atoms with Crippen molar-refractivity contribution in [1.82, 2.24) is 4.90 Å². The largest absolute Gasteiger partial charge is 0.497 e. The third kappa shape index (κ3) is 6.61. The van der Waals surface area contributed by atoms with Gasteiger partial charge < -0.3 is 14.7 Å². The van der Waals surface area contributed by atoms with Gasteiger partial charge in [0.1, 0.15) is 5.75 Å². The van der Waals surface area contributed by atoms with Gasteiger partial charge in [-0.2, -0.15) is 0 Å². The molecule has 1 aliphatic rings. The zero-order valence-electron chi connectivity index (χ0n) is 15.3. The Kier molecular flexibility index (Phi) is 9.43. The van der Waals surface area contributed by atoms with Crippen molar-refractivity contribution in [2.75, 3.05) is 38.2 Å². The summed E-state index contributed by atoms with van der Waals surface area (Å²) in [5.74, 6) is 0.0936. The topological polar surface area (TPSA) is 53.0 Å². The highest BCUT2D eigenvalue weighted by Crippen LogP contribution is 2.21. The maximum Gasteiger partial charge on any atom is 0.307 e. The van der Waals surface area contributed by atoms with Gasteiger partial charge in [0, 0.05) is 38.4 Å².